The van der Waals surface area contributed by atoms with E-state index < -0.39 is 5.97 Å². The predicted molar refractivity (Wildman–Crippen MR) is 88.8 cm³/mol. The fourth-order valence-corrected chi connectivity index (χ4v) is 3.09. The summed E-state index contributed by atoms with van der Waals surface area (Å²) in [5, 5.41) is 17.4. The van der Waals surface area contributed by atoms with Crippen LogP contribution >= 0.6 is 0 Å². The molecule has 2 aromatic rings. The maximum absolute atomic E-state index is 11.0. The number of hydrogen-bond acceptors (Lipinski definition) is 4. The molecule has 1 aliphatic rings. The lowest BCUT2D eigenvalue weighted by molar-refractivity contribution is 0.0696. The molecule has 0 spiro atoms. The lowest BCUT2D eigenvalue weighted by Crippen LogP contribution is -2.35. The lowest BCUT2D eigenvalue weighted by atomic mass is 9.89. The lowest BCUT2D eigenvalue weighted by Gasteiger charge is -2.32. The summed E-state index contributed by atoms with van der Waals surface area (Å²) in [4.78, 5) is 13.3. The summed E-state index contributed by atoms with van der Waals surface area (Å²) in [5.41, 5.74) is 2.41. The number of rotatable bonds is 4. The number of carboxylic acids is 1. The zero-order valence-electron chi connectivity index (χ0n) is 13.3. The summed E-state index contributed by atoms with van der Waals surface area (Å²) in [6, 6.07) is 11.3. The number of aromatic carboxylic acids is 1. The van der Waals surface area contributed by atoms with Crippen molar-refractivity contribution in [2.24, 2.45) is 5.92 Å². The van der Waals surface area contributed by atoms with Crippen molar-refractivity contribution in [3.8, 4) is 0 Å². The molecule has 0 aliphatic carbocycles. The minimum Gasteiger partial charge on any atom is -0.478 e. The molecule has 5 heteroatoms. The number of nitrogens with zero attached hydrogens (tertiary/aromatic N) is 3. The van der Waals surface area contributed by atoms with Gasteiger partial charge in [-0.3, -0.25) is 0 Å². The van der Waals surface area contributed by atoms with Gasteiger partial charge < -0.3 is 10.0 Å². The van der Waals surface area contributed by atoms with Crippen LogP contribution in [-0.4, -0.2) is 34.4 Å². The number of benzene rings is 1. The summed E-state index contributed by atoms with van der Waals surface area (Å²) in [6.07, 6.45) is 3.12. The number of aryl methyl sites for hydroxylation is 1. The molecule has 1 N–H and O–H groups in total. The van der Waals surface area contributed by atoms with Gasteiger partial charge >= 0.3 is 5.97 Å². The fraction of sp³-hybridized carbons (Fsp3) is 0.389. The summed E-state index contributed by atoms with van der Waals surface area (Å²) in [6.45, 7) is 3.89. The summed E-state index contributed by atoms with van der Waals surface area (Å²) >= 11 is 0. The van der Waals surface area contributed by atoms with E-state index in [1.165, 1.54) is 0 Å². The molecule has 2 heterocycles. The zero-order chi connectivity index (χ0) is 16.2. The first-order chi connectivity index (χ1) is 11.1. The number of hydrogen-bond donors (Lipinski definition) is 1. The second-order valence-electron chi connectivity index (χ2n) is 6.17. The van der Waals surface area contributed by atoms with E-state index in [0.29, 0.717) is 11.5 Å². The average Bonchev–Trinajstić information content (AvgIpc) is 2.57. The van der Waals surface area contributed by atoms with Gasteiger partial charge in [-0.05, 0) is 61.9 Å². The van der Waals surface area contributed by atoms with Gasteiger partial charge in [0.25, 0.3) is 0 Å². The maximum atomic E-state index is 11.0. The van der Waals surface area contributed by atoms with Crippen molar-refractivity contribution < 1.29 is 9.90 Å². The van der Waals surface area contributed by atoms with Crippen molar-refractivity contribution in [3.05, 3.63) is 53.2 Å². The number of anilines is 1. The van der Waals surface area contributed by atoms with Gasteiger partial charge in [-0.15, -0.1) is 5.10 Å². The van der Waals surface area contributed by atoms with Crippen LogP contribution in [0.25, 0.3) is 0 Å². The molecule has 0 radical (unpaired) electrons. The standard InChI is InChI=1S/C18H21N3O2/c1-13-5-6-17(20-19-13)21-9-7-14(8-10-21)11-15-3-2-4-16(12-15)18(22)23/h2-6,12,14H,7-11H2,1H3,(H,22,23). The van der Waals surface area contributed by atoms with Crippen molar-refractivity contribution in [2.75, 3.05) is 18.0 Å². The molecule has 1 saturated heterocycles. The highest BCUT2D eigenvalue weighted by atomic mass is 16.4. The van der Waals surface area contributed by atoms with Crippen molar-refractivity contribution in [3.63, 3.8) is 0 Å². The van der Waals surface area contributed by atoms with E-state index in [9.17, 15) is 4.79 Å². The Labute approximate surface area is 136 Å². The van der Waals surface area contributed by atoms with Gasteiger partial charge in [-0.25, -0.2) is 4.79 Å². The molecular weight excluding hydrogens is 290 g/mol. The van der Waals surface area contributed by atoms with E-state index in [1.807, 2.05) is 31.2 Å². The Hall–Kier alpha value is -2.43. The van der Waals surface area contributed by atoms with Crippen LogP contribution in [0.1, 0.15) is 34.5 Å². The number of piperidine rings is 1. The summed E-state index contributed by atoms with van der Waals surface area (Å²) in [5.74, 6) is 0.676. The molecule has 0 bridgehead atoms. The van der Waals surface area contributed by atoms with Gasteiger partial charge in [-0.2, -0.15) is 5.10 Å². The van der Waals surface area contributed by atoms with Gasteiger partial charge in [0.2, 0.25) is 0 Å². The van der Waals surface area contributed by atoms with Crippen LogP contribution in [0, 0.1) is 12.8 Å². The van der Waals surface area contributed by atoms with Crippen LogP contribution in [0.3, 0.4) is 0 Å². The highest BCUT2D eigenvalue weighted by Gasteiger charge is 2.21. The van der Waals surface area contributed by atoms with Crippen LogP contribution in [0.2, 0.25) is 0 Å². The van der Waals surface area contributed by atoms with E-state index in [0.717, 1.165) is 49.4 Å². The van der Waals surface area contributed by atoms with E-state index in [1.54, 1.807) is 12.1 Å². The normalized spacial score (nSPS) is 15.6. The molecule has 0 saturated carbocycles. The fourth-order valence-electron chi connectivity index (χ4n) is 3.09. The maximum Gasteiger partial charge on any atom is 0.335 e. The van der Waals surface area contributed by atoms with Crippen molar-refractivity contribution in [2.45, 2.75) is 26.2 Å². The number of carbonyl (C=O) groups is 1. The minimum atomic E-state index is -0.861. The Morgan fingerprint density at radius 1 is 1.22 bits per heavy atom. The van der Waals surface area contributed by atoms with E-state index >= 15 is 0 Å². The van der Waals surface area contributed by atoms with E-state index in [4.69, 9.17) is 5.11 Å². The number of carboxylic acid groups (broad SMARTS) is 1. The third kappa shape index (κ3) is 3.86. The third-order valence-corrected chi connectivity index (χ3v) is 4.42. The minimum absolute atomic E-state index is 0.370. The molecule has 0 atom stereocenters. The molecule has 23 heavy (non-hydrogen) atoms. The van der Waals surface area contributed by atoms with Crippen LogP contribution in [-0.2, 0) is 6.42 Å². The molecule has 1 aromatic carbocycles. The Bertz CT molecular complexity index is 677. The van der Waals surface area contributed by atoms with Gasteiger partial charge in [0.1, 0.15) is 0 Å². The van der Waals surface area contributed by atoms with Crippen molar-refractivity contribution in [1.29, 1.82) is 0 Å². The van der Waals surface area contributed by atoms with Crippen molar-refractivity contribution >= 4 is 11.8 Å². The smallest absolute Gasteiger partial charge is 0.335 e. The Kier molecular flexibility index (Phi) is 4.55. The topological polar surface area (TPSA) is 66.3 Å². The van der Waals surface area contributed by atoms with Crippen LogP contribution in [0.5, 0.6) is 0 Å². The second kappa shape index (κ2) is 6.77. The van der Waals surface area contributed by atoms with E-state index in [-0.39, 0.29) is 0 Å². The molecule has 0 unspecified atom stereocenters. The second-order valence-corrected chi connectivity index (χ2v) is 6.17. The van der Waals surface area contributed by atoms with Crippen LogP contribution < -0.4 is 4.90 Å². The van der Waals surface area contributed by atoms with Gasteiger partial charge in [0, 0.05) is 13.1 Å². The molecule has 120 valence electrons. The Morgan fingerprint density at radius 3 is 2.65 bits per heavy atom. The van der Waals surface area contributed by atoms with Crippen LogP contribution in [0.15, 0.2) is 36.4 Å². The van der Waals surface area contributed by atoms with Crippen LogP contribution in [0.4, 0.5) is 5.82 Å². The Balaban J connectivity index is 1.58. The zero-order valence-corrected chi connectivity index (χ0v) is 13.3. The first-order valence-corrected chi connectivity index (χ1v) is 7.99. The highest BCUT2D eigenvalue weighted by molar-refractivity contribution is 5.87. The van der Waals surface area contributed by atoms with Crippen molar-refractivity contribution in [1.82, 2.24) is 10.2 Å². The average molecular weight is 311 g/mol. The summed E-state index contributed by atoms with van der Waals surface area (Å²) in [7, 11) is 0. The molecule has 1 aromatic heterocycles. The van der Waals surface area contributed by atoms with Gasteiger partial charge in [0.05, 0.1) is 11.3 Å². The first kappa shape index (κ1) is 15.5. The summed E-state index contributed by atoms with van der Waals surface area (Å²) < 4.78 is 0. The van der Waals surface area contributed by atoms with Gasteiger partial charge in [0.15, 0.2) is 5.82 Å². The molecule has 0 amide bonds. The van der Waals surface area contributed by atoms with E-state index in [2.05, 4.69) is 15.1 Å². The largest absolute Gasteiger partial charge is 0.478 e. The third-order valence-electron chi connectivity index (χ3n) is 4.42. The van der Waals surface area contributed by atoms with Gasteiger partial charge in [-0.1, -0.05) is 12.1 Å². The predicted octanol–water partition coefficient (Wildman–Crippen LogP) is 2.94. The Morgan fingerprint density at radius 2 is 2.00 bits per heavy atom. The molecule has 1 fully saturated rings. The molecule has 1 aliphatic heterocycles. The molecular formula is C18H21N3O2. The molecule has 3 rings (SSSR count). The first-order valence-electron chi connectivity index (χ1n) is 7.99. The molecule has 5 nitrogen and oxygen atoms in total. The number of aromatic nitrogens is 2. The monoisotopic (exact) mass is 311 g/mol. The highest BCUT2D eigenvalue weighted by Crippen LogP contribution is 2.24. The SMILES string of the molecule is Cc1ccc(N2CCC(Cc3cccc(C(=O)O)c3)CC2)nn1. The quantitative estimate of drug-likeness (QED) is 0.940.